The third-order valence-corrected chi connectivity index (χ3v) is 4.79. The van der Waals surface area contributed by atoms with Gasteiger partial charge < -0.3 is 9.80 Å². The zero-order chi connectivity index (χ0) is 19.3. The SMILES string of the molecule is CCN(C)C=Nc1cc(C)c(N(Cc2ccccc2Cl)C(C)=O)cc1Cl. The summed E-state index contributed by atoms with van der Waals surface area (Å²) in [4.78, 5) is 20.3. The molecule has 0 radical (unpaired) electrons. The van der Waals surface area contributed by atoms with Gasteiger partial charge >= 0.3 is 0 Å². The molecule has 0 heterocycles. The van der Waals surface area contributed by atoms with Crippen LogP contribution in [0.15, 0.2) is 41.4 Å². The van der Waals surface area contributed by atoms with E-state index >= 15 is 0 Å². The Morgan fingerprint density at radius 2 is 1.88 bits per heavy atom. The van der Waals surface area contributed by atoms with Gasteiger partial charge in [0.25, 0.3) is 0 Å². The van der Waals surface area contributed by atoms with Gasteiger partial charge in [-0.2, -0.15) is 0 Å². The fourth-order valence-electron chi connectivity index (χ4n) is 2.45. The molecule has 0 unspecified atom stereocenters. The van der Waals surface area contributed by atoms with E-state index in [4.69, 9.17) is 23.2 Å². The molecule has 2 aromatic rings. The Labute approximate surface area is 165 Å². The summed E-state index contributed by atoms with van der Waals surface area (Å²) in [6, 6.07) is 11.2. The molecule has 2 aromatic carbocycles. The molecule has 2 rings (SSSR count). The van der Waals surface area contributed by atoms with Crippen LogP contribution in [0.2, 0.25) is 10.0 Å². The van der Waals surface area contributed by atoms with Crippen molar-refractivity contribution in [2.45, 2.75) is 27.3 Å². The Kier molecular flexibility index (Phi) is 7.06. The quantitative estimate of drug-likeness (QED) is 0.483. The molecule has 6 heteroatoms. The van der Waals surface area contributed by atoms with E-state index < -0.39 is 0 Å². The first-order valence-corrected chi connectivity index (χ1v) is 9.15. The van der Waals surface area contributed by atoms with Crippen LogP contribution in [0.1, 0.15) is 25.0 Å². The number of halogens is 2. The highest BCUT2D eigenvalue weighted by atomic mass is 35.5. The molecule has 0 aliphatic carbocycles. The molecule has 0 bridgehead atoms. The molecular formula is C20H23Cl2N3O. The lowest BCUT2D eigenvalue weighted by Gasteiger charge is -2.24. The van der Waals surface area contributed by atoms with Crippen LogP contribution >= 0.6 is 23.2 Å². The maximum atomic E-state index is 12.3. The van der Waals surface area contributed by atoms with Crippen LogP contribution in [0, 0.1) is 6.92 Å². The van der Waals surface area contributed by atoms with Gasteiger partial charge in [-0.05, 0) is 43.2 Å². The second kappa shape index (κ2) is 9.06. The van der Waals surface area contributed by atoms with E-state index in [-0.39, 0.29) is 5.91 Å². The number of hydrogen-bond donors (Lipinski definition) is 0. The number of anilines is 1. The molecule has 26 heavy (non-hydrogen) atoms. The number of rotatable bonds is 6. The van der Waals surface area contributed by atoms with Crippen molar-refractivity contribution < 1.29 is 4.79 Å². The maximum Gasteiger partial charge on any atom is 0.224 e. The molecule has 0 fully saturated rings. The Bertz CT molecular complexity index is 821. The monoisotopic (exact) mass is 391 g/mol. The summed E-state index contributed by atoms with van der Waals surface area (Å²) in [6.07, 6.45) is 1.74. The molecule has 0 atom stereocenters. The highest BCUT2D eigenvalue weighted by Gasteiger charge is 2.17. The fourth-order valence-corrected chi connectivity index (χ4v) is 2.85. The van der Waals surface area contributed by atoms with Crippen LogP contribution < -0.4 is 4.90 Å². The van der Waals surface area contributed by atoms with Crippen molar-refractivity contribution in [3.63, 3.8) is 0 Å². The number of carbonyl (C=O) groups is 1. The molecule has 0 N–H and O–H groups in total. The predicted octanol–water partition coefficient (Wildman–Crippen LogP) is 5.47. The Morgan fingerprint density at radius 1 is 1.19 bits per heavy atom. The summed E-state index contributed by atoms with van der Waals surface area (Å²) in [5.74, 6) is -0.0777. The first kappa shape index (κ1) is 20.3. The number of aryl methyl sites for hydroxylation is 1. The molecule has 0 aliphatic heterocycles. The van der Waals surface area contributed by atoms with Crippen molar-refractivity contribution in [1.29, 1.82) is 0 Å². The van der Waals surface area contributed by atoms with Crippen LogP contribution in [-0.4, -0.2) is 30.7 Å². The van der Waals surface area contributed by atoms with Gasteiger partial charge in [0.1, 0.15) is 0 Å². The van der Waals surface area contributed by atoms with Gasteiger partial charge in [-0.15, -0.1) is 0 Å². The Balaban J connectivity index is 2.38. The van der Waals surface area contributed by atoms with Gasteiger partial charge in [0.15, 0.2) is 0 Å². The summed E-state index contributed by atoms with van der Waals surface area (Å²) in [5.41, 5.74) is 3.23. The molecule has 138 valence electrons. The topological polar surface area (TPSA) is 35.9 Å². The van der Waals surface area contributed by atoms with Crippen LogP contribution in [0.25, 0.3) is 0 Å². The standard InChI is InChI=1S/C20H23Cl2N3O/c1-5-24(4)13-23-19-10-14(2)20(11-18(19)22)25(15(3)26)12-16-8-6-7-9-17(16)21/h6-11,13H,5,12H2,1-4H3. The van der Waals surface area contributed by atoms with E-state index in [0.717, 1.165) is 23.4 Å². The third-order valence-electron chi connectivity index (χ3n) is 4.12. The van der Waals surface area contributed by atoms with Gasteiger partial charge in [-0.25, -0.2) is 4.99 Å². The number of aliphatic imine (C=N–C) groups is 1. The summed E-state index contributed by atoms with van der Waals surface area (Å²) in [6.45, 7) is 6.76. The number of carbonyl (C=O) groups excluding carboxylic acids is 1. The van der Waals surface area contributed by atoms with E-state index in [1.807, 2.05) is 56.1 Å². The highest BCUT2D eigenvalue weighted by Crippen LogP contribution is 2.34. The van der Waals surface area contributed by atoms with Crippen LogP contribution in [0.4, 0.5) is 11.4 Å². The number of benzene rings is 2. The third kappa shape index (κ3) is 4.99. The van der Waals surface area contributed by atoms with E-state index in [1.54, 1.807) is 17.3 Å². The predicted molar refractivity (Wildman–Crippen MR) is 111 cm³/mol. The smallest absolute Gasteiger partial charge is 0.224 e. The normalized spacial score (nSPS) is 11.0. The Morgan fingerprint density at radius 3 is 2.50 bits per heavy atom. The molecule has 4 nitrogen and oxygen atoms in total. The average Bonchev–Trinajstić information content (AvgIpc) is 2.61. The lowest BCUT2D eigenvalue weighted by Crippen LogP contribution is -2.28. The van der Waals surface area contributed by atoms with Crippen molar-refractivity contribution in [3.05, 3.63) is 57.6 Å². The van der Waals surface area contributed by atoms with Gasteiger partial charge in [-0.1, -0.05) is 41.4 Å². The van der Waals surface area contributed by atoms with E-state index in [9.17, 15) is 4.79 Å². The molecular weight excluding hydrogens is 369 g/mol. The molecule has 0 aliphatic rings. The Hall–Kier alpha value is -2.04. The van der Waals surface area contributed by atoms with Crippen molar-refractivity contribution in [2.24, 2.45) is 4.99 Å². The van der Waals surface area contributed by atoms with E-state index in [2.05, 4.69) is 4.99 Å². The van der Waals surface area contributed by atoms with Crippen LogP contribution in [0.5, 0.6) is 0 Å². The van der Waals surface area contributed by atoms with Gasteiger partial charge in [0.2, 0.25) is 5.91 Å². The van der Waals surface area contributed by atoms with Gasteiger partial charge in [-0.3, -0.25) is 4.79 Å². The van der Waals surface area contributed by atoms with Gasteiger partial charge in [0.05, 0.1) is 23.6 Å². The van der Waals surface area contributed by atoms with Crippen molar-refractivity contribution in [2.75, 3.05) is 18.5 Å². The average molecular weight is 392 g/mol. The molecule has 0 aromatic heterocycles. The first-order valence-electron chi connectivity index (χ1n) is 8.39. The van der Waals surface area contributed by atoms with Crippen LogP contribution in [-0.2, 0) is 11.3 Å². The largest absolute Gasteiger partial charge is 0.366 e. The number of hydrogen-bond acceptors (Lipinski definition) is 2. The van der Waals surface area contributed by atoms with E-state index in [1.165, 1.54) is 6.92 Å². The first-order chi connectivity index (χ1) is 12.3. The minimum absolute atomic E-state index is 0.0777. The molecule has 0 saturated heterocycles. The lowest BCUT2D eigenvalue weighted by molar-refractivity contribution is -0.116. The summed E-state index contributed by atoms with van der Waals surface area (Å²) < 4.78 is 0. The molecule has 0 saturated carbocycles. The van der Waals surface area contributed by atoms with Crippen LogP contribution in [0.3, 0.4) is 0 Å². The molecule has 0 spiro atoms. The van der Waals surface area contributed by atoms with E-state index in [0.29, 0.717) is 22.3 Å². The van der Waals surface area contributed by atoms with Gasteiger partial charge in [0, 0.05) is 31.2 Å². The zero-order valence-electron chi connectivity index (χ0n) is 15.5. The summed E-state index contributed by atoms with van der Waals surface area (Å²) in [5, 5.41) is 1.13. The van der Waals surface area contributed by atoms with Crippen molar-refractivity contribution in [3.8, 4) is 0 Å². The minimum Gasteiger partial charge on any atom is -0.366 e. The highest BCUT2D eigenvalue weighted by molar-refractivity contribution is 6.33. The zero-order valence-corrected chi connectivity index (χ0v) is 17.0. The summed E-state index contributed by atoms with van der Waals surface area (Å²) in [7, 11) is 1.94. The number of amides is 1. The van der Waals surface area contributed by atoms with Crippen molar-refractivity contribution in [1.82, 2.24) is 4.90 Å². The molecule has 1 amide bonds. The number of nitrogens with zero attached hydrogens (tertiary/aromatic N) is 3. The second-order valence-electron chi connectivity index (χ2n) is 6.10. The summed E-state index contributed by atoms with van der Waals surface area (Å²) >= 11 is 12.7. The van der Waals surface area contributed by atoms with Crippen molar-refractivity contribution >= 4 is 46.8 Å². The maximum absolute atomic E-state index is 12.3. The fraction of sp³-hybridized carbons (Fsp3) is 0.300. The second-order valence-corrected chi connectivity index (χ2v) is 6.92. The lowest BCUT2D eigenvalue weighted by atomic mass is 10.1. The minimum atomic E-state index is -0.0777.